The van der Waals surface area contributed by atoms with E-state index in [9.17, 15) is 4.79 Å². The first-order valence-corrected chi connectivity index (χ1v) is 7.30. The van der Waals surface area contributed by atoms with Gasteiger partial charge in [0, 0.05) is 13.1 Å². The zero-order valence-electron chi connectivity index (χ0n) is 13.3. The van der Waals surface area contributed by atoms with Gasteiger partial charge in [-0.25, -0.2) is 4.79 Å². The van der Waals surface area contributed by atoms with Crippen molar-refractivity contribution in [3.8, 4) is 0 Å². The first-order valence-electron chi connectivity index (χ1n) is 7.30. The van der Waals surface area contributed by atoms with Gasteiger partial charge in [0.25, 0.3) is 0 Å². The van der Waals surface area contributed by atoms with Crippen molar-refractivity contribution in [1.29, 1.82) is 0 Å². The van der Waals surface area contributed by atoms with Gasteiger partial charge in [-0.15, -0.1) is 0 Å². The zero-order valence-corrected chi connectivity index (χ0v) is 13.3. The average Bonchev–Trinajstić information content (AvgIpc) is 2.33. The second kappa shape index (κ2) is 7.32. The molecule has 0 saturated carbocycles. The van der Waals surface area contributed by atoms with Crippen molar-refractivity contribution in [1.82, 2.24) is 4.90 Å². The van der Waals surface area contributed by atoms with E-state index in [2.05, 4.69) is 26.0 Å². The Morgan fingerprint density at radius 1 is 1.20 bits per heavy atom. The number of ether oxygens (including phenoxy) is 1. The molecule has 1 aromatic carbocycles. The van der Waals surface area contributed by atoms with Crippen molar-refractivity contribution >= 4 is 6.09 Å². The lowest BCUT2D eigenvalue weighted by molar-refractivity contribution is 0.0231. The van der Waals surface area contributed by atoms with Gasteiger partial charge in [0.1, 0.15) is 5.60 Å². The van der Waals surface area contributed by atoms with Crippen molar-refractivity contribution < 1.29 is 9.53 Å². The Morgan fingerprint density at radius 3 is 2.30 bits per heavy atom. The minimum absolute atomic E-state index is 0.220. The number of nitrogens with zero attached hydrogens (tertiary/aromatic N) is 1. The molecule has 0 N–H and O–H groups in total. The molecule has 0 aliphatic carbocycles. The van der Waals surface area contributed by atoms with E-state index in [1.54, 1.807) is 0 Å². The Labute approximate surface area is 122 Å². The molecular weight excluding hydrogens is 250 g/mol. The van der Waals surface area contributed by atoms with Crippen LogP contribution < -0.4 is 0 Å². The van der Waals surface area contributed by atoms with Gasteiger partial charge in [-0.3, -0.25) is 0 Å². The highest BCUT2D eigenvalue weighted by atomic mass is 16.6. The van der Waals surface area contributed by atoms with Crippen molar-refractivity contribution in [3.63, 3.8) is 0 Å². The highest BCUT2D eigenvalue weighted by Gasteiger charge is 2.22. The maximum Gasteiger partial charge on any atom is 0.410 e. The zero-order chi connectivity index (χ0) is 15.2. The maximum absolute atomic E-state index is 12.2. The molecule has 1 rings (SSSR count). The predicted molar refractivity (Wildman–Crippen MR) is 82.8 cm³/mol. The number of carbonyl (C=O) groups is 1. The number of carbonyl (C=O) groups excluding carboxylic acids is 1. The van der Waals surface area contributed by atoms with Crippen LogP contribution in [0.3, 0.4) is 0 Å². The Kier molecular flexibility index (Phi) is 6.05. The second-order valence-corrected chi connectivity index (χ2v) is 6.56. The highest BCUT2D eigenvalue weighted by Crippen LogP contribution is 2.12. The van der Waals surface area contributed by atoms with Crippen LogP contribution >= 0.6 is 0 Å². The summed E-state index contributed by atoms with van der Waals surface area (Å²) in [5.41, 5.74) is 0.795. The van der Waals surface area contributed by atoms with Gasteiger partial charge in [-0.05, 0) is 38.7 Å². The third kappa shape index (κ3) is 6.60. The van der Waals surface area contributed by atoms with Crippen LogP contribution in [-0.2, 0) is 11.2 Å². The molecule has 0 bridgehead atoms. The normalized spacial score (nSPS) is 11.5. The van der Waals surface area contributed by atoms with Crippen LogP contribution in [0.5, 0.6) is 0 Å². The first-order chi connectivity index (χ1) is 9.28. The molecule has 1 aromatic rings. The number of benzene rings is 1. The molecule has 0 saturated heterocycles. The van der Waals surface area contributed by atoms with Crippen LogP contribution in [0.4, 0.5) is 4.79 Å². The standard InChI is InChI=1S/C17H27NO2/c1-14(2)13-18(16(19)20-17(3,4)5)12-11-15-9-7-6-8-10-15/h6-10,14H,11-13H2,1-5H3. The fourth-order valence-electron chi connectivity index (χ4n) is 1.93. The molecule has 0 spiro atoms. The fourth-order valence-corrected chi connectivity index (χ4v) is 1.93. The van der Waals surface area contributed by atoms with E-state index in [4.69, 9.17) is 4.74 Å². The SMILES string of the molecule is CC(C)CN(CCc1ccccc1)C(=O)OC(C)(C)C. The summed E-state index contributed by atoms with van der Waals surface area (Å²) < 4.78 is 5.48. The number of amides is 1. The molecule has 3 nitrogen and oxygen atoms in total. The summed E-state index contributed by atoms with van der Waals surface area (Å²) in [6, 6.07) is 10.2. The summed E-state index contributed by atoms with van der Waals surface area (Å²) in [7, 11) is 0. The first kappa shape index (κ1) is 16.5. The van der Waals surface area contributed by atoms with E-state index in [1.165, 1.54) is 5.56 Å². The molecule has 112 valence electrons. The topological polar surface area (TPSA) is 29.5 Å². The minimum atomic E-state index is -0.445. The number of hydrogen-bond donors (Lipinski definition) is 0. The Balaban J connectivity index is 2.62. The van der Waals surface area contributed by atoms with Crippen molar-refractivity contribution in [2.75, 3.05) is 13.1 Å². The van der Waals surface area contributed by atoms with E-state index < -0.39 is 5.60 Å². The number of hydrogen-bond acceptors (Lipinski definition) is 2. The fraction of sp³-hybridized carbons (Fsp3) is 0.588. The summed E-state index contributed by atoms with van der Waals surface area (Å²) in [5.74, 6) is 0.429. The van der Waals surface area contributed by atoms with Gasteiger partial charge in [-0.1, -0.05) is 44.2 Å². The van der Waals surface area contributed by atoms with Crippen LogP contribution in [0.2, 0.25) is 0 Å². The number of rotatable bonds is 5. The summed E-state index contributed by atoms with van der Waals surface area (Å²) in [6.45, 7) is 11.3. The minimum Gasteiger partial charge on any atom is -0.444 e. The van der Waals surface area contributed by atoms with E-state index in [-0.39, 0.29) is 6.09 Å². The summed E-state index contributed by atoms with van der Waals surface area (Å²) >= 11 is 0. The largest absolute Gasteiger partial charge is 0.444 e. The Hall–Kier alpha value is -1.51. The molecular formula is C17H27NO2. The lowest BCUT2D eigenvalue weighted by Crippen LogP contribution is -2.40. The molecule has 0 radical (unpaired) electrons. The van der Waals surface area contributed by atoms with E-state index in [0.717, 1.165) is 13.0 Å². The van der Waals surface area contributed by atoms with Crippen molar-refractivity contribution in [3.05, 3.63) is 35.9 Å². The van der Waals surface area contributed by atoms with Gasteiger partial charge in [-0.2, -0.15) is 0 Å². The van der Waals surface area contributed by atoms with Crippen LogP contribution in [0.15, 0.2) is 30.3 Å². The lowest BCUT2D eigenvalue weighted by atomic mass is 10.1. The van der Waals surface area contributed by atoms with E-state index >= 15 is 0 Å². The van der Waals surface area contributed by atoms with E-state index in [1.807, 2.05) is 43.9 Å². The predicted octanol–water partition coefficient (Wildman–Crippen LogP) is 4.12. The maximum atomic E-state index is 12.2. The summed E-state index contributed by atoms with van der Waals surface area (Å²) in [4.78, 5) is 14.0. The van der Waals surface area contributed by atoms with Gasteiger partial charge in [0.05, 0.1) is 0 Å². The van der Waals surface area contributed by atoms with Crippen molar-refractivity contribution in [2.24, 2.45) is 5.92 Å². The molecule has 0 atom stereocenters. The molecule has 0 heterocycles. The second-order valence-electron chi connectivity index (χ2n) is 6.56. The molecule has 3 heteroatoms. The van der Waals surface area contributed by atoms with Gasteiger partial charge in [0.2, 0.25) is 0 Å². The molecule has 0 aliphatic rings. The molecule has 0 aromatic heterocycles. The van der Waals surface area contributed by atoms with Crippen LogP contribution in [0.25, 0.3) is 0 Å². The smallest absolute Gasteiger partial charge is 0.410 e. The average molecular weight is 277 g/mol. The molecule has 0 unspecified atom stereocenters. The monoisotopic (exact) mass is 277 g/mol. The van der Waals surface area contributed by atoms with Crippen LogP contribution in [0, 0.1) is 5.92 Å². The molecule has 1 amide bonds. The molecule has 20 heavy (non-hydrogen) atoms. The molecule has 0 aliphatic heterocycles. The van der Waals surface area contributed by atoms with Crippen molar-refractivity contribution in [2.45, 2.75) is 46.6 Å². The van der Waals surface area contributed by atoms with Crippen LogP contribution in [-0.4, -0.2) is 29.7 Å². The van der Waals surface area contributed by atoms with Gasteiger partial charge in [0.15, 0.2) is 0 Å². The van der Waals surface area contributed by atoms with Crippen LogP contribution in [0.1, 0.15) is 40.2 Å². The third-order valence-corrected chi connectivity index (χ3v) is 2.75. The summed E-state index contributed by atoms with van der Waals surface area (Å²) in [5, 5.41) is 0. The Bertz CT molecular complexity index is 407. The lowest BCUT2D eigenvalue weighted by Gasteiger charge is -2.28. The van der Waals surface area contributed by atoms with E-state index in [0.29, 0.717) is 12.5 Å². The third-order valence-electron chi connectivity index (χ3n) is 2.75. The quantitative estimate of drug-likeness (QED) is 0.810. The molecule has 0 fully saturated rings. The Morgan fingerprint density at radius 2 is 1.80 bits per heavy atom. The highest BCUT2D eigenvalue weighted by molar-refractivity contribution is 5.68. The van der Waals surface area contributed by atoms with Gasteiger partial charge < -0.3 is 9.64 Å². The summed E-state index contributed by atoms with van der Waals surface area (Å²) in [6.07, 6.45) is 0.634. The van der Waals surface area contributed by atoms with Gasteiger partial charge >= 0.3 is 6.09 Å².